The Morgan fingerprint density at radius 1 is 1.08 bits per heavy atom. The van der Waals surface area contributed by atoms with Gasteiger partial charge in [-0.3, -0.25) is 4.79 Å². The van der Waals surface area contributed by atoms with Crippen LogP contribution in [0.3, 0.4) is 0 Å². The second-order valence-electron chi connectivity index (χ2n) is 7.19. The summed E-state index contributed by atoms with van der Waals surface area (Å²) in [7, 11) is 1.70. The summed E-state index contributed by atoms with van der Waals surface area (Å²) in [5, 5.41) is 3.32. The Hall–Kier alpha value is -0.0700. The van der Waals surface area contributed by atoms with E-state index < -0.39 is 5.60 Å². The number of methoxy groups -OCH3 is 1. The minimum Gasteiger partial charge on any atom is -0.368 e. The molecule has 7 heteroatoms. The molecular weight excluding hydrogens is 349 g/mol. The highest BCUT2D eigenvalue weighted by Crippen LogP contribution is 2.28. The van der Waals surface area contributed by atoms with Crippen molar-refractivity contribution in [3.8, 4) is 0 Å². The summed E-state index contributed by atoms with van der Waals surface area (Å²) < 4.78 is 5.69. The van der Waals surface area contributed by atoms with Gasteiger partial charge >= 0.3 is 0 Å². The Balaban J connectivity index is 0.00000144. The molecule has 3 fully saturated rings. The molecule has 0 atom stereocenters. The van der Waals surface area contributed by atoms with Crippen LogP contribution in [0.25, 0.3) is 0 Å². The average Bonchev–Trinajstić information content (AvgIpc) is 3.08. The Kier molecular flexibility index (Phi) is 9.31. The second kappa shape index (κ2) is 10.2. The number of likely N-dealkylation sites (tertiary alicyclic amines) is 2. The van der Waals surface area contributed by atoms with E-state index >= 15 is 0 Å². The fourth-order valence-corrected chi connectivity index (χ4v) is 4.27. The number of nitrogens with one attached hydrogen (secondary N) is 1. The molecule has 0 spiro atoms. The number of carbonyl (C=O) groups excluding carboxylic acids is 1. The molecule has 0 aromatic carbocycles. The molecule has 0 aromatic rings. The highest BCUT2D eigenvalue weighted by atomic mass is 35.5. The Bertz CT molecular complexity index is 378. The van der Waals surface area contributed by atoms with Gasteiger partial charge in [-0.05, 0) is 70.6 Å². The first-order valence-electron chi connectivity index (χ1n) is 9.01. The van der Waals surface area contributed by atoms with E-state index in [0.717, 1.165) is 57.8 Å². The van der Waals surface area contributed by atoms with E-state index in [4.69, 9.17) is 4.74 Å². The van der Waals surface area contributed by atoms with Crippen LogP contribution in [-0.2, 0) is 9.53 Å². The zero-order valence-electron chi connectivity index (χ0n) is 14.8. The van der Waals surface area contributed by atoms with Crippen LogP contribution < -0.4 is 5.32 Å². The summed E-state index contributed by atoms with van der Waals surface area (Å²) in [6, 6.07) is 0. The largest absolute Gasteiger partial charge is 0.368 e. The lowest BCUT2D eigenvalue weighted by Gasteiger charge is -2.41. The van der Waals surface area contributed by atoms with Gasteiger partial charge in [0, 0.05) is 26.7 Å². The third kappa shape index (κ3) is 4.98. The minimum absolute atomic E-state index is 0. The molecule has 5 nitrogen and oxygen atoms in total. The first kappa shape index (κ1) is 22.0. The highest BCUT2D eigenvalue weighted by Gasteiger charge is 2.43. The molecule has 3 aliphatic heterocycles. The molecule has 0 radical (unpaired) electrons. The molecule has 0 bridgehead atoms. The van der Waals surface area contributed by atoms with Crippen LogP contribution in [-0.4, -0.2) is 74.2 Å². The number of rotatable bonds is 4. The van der Waals surface area contributed by atoms with E-state index in [1.165, 1.54) is 32.5 Å². The average molecular weight is 382 g/mol. The lowest BCUT2D eigenvalue weighted by Crippen LogP contribution is -2.56. The molecule has 24 heavy (non-hydrogen) atoms. The lowest BCUT2D eigenvalue weighted by atomic mass is 9.88. The first-order chi connectivity index (χ1) is 10.7. The SMILES string of the molecule is COC1(C(=O)N2CCC(CN3CCCC3)CC2)CCNCC1.Cl.Cl. The predicted molar refractivity (Wildman–Crippen MR) is 101 cm³/mol. The zero-order valence-corrected chi connectivity index (χ0v) is 16.4. The highest BCUT2D eigenvalue weighted by molar-refractivity contribution is 5.86. The third-order valence-corrected chi connectivity index (χ3v) is 5.81. The van der Waals surface area contributed by atoms with Crippen molar-refractivity contribution in [2.45, 2.75) is 44.1 Å². The van der Waals surface area contributed by atoms with Crippen molar-refractivity contribution in [1.29, 1.82) is 0 Å². The number of hydrogen-bond acceptors (Lipinski definition) is 4. The summed E-state index contributed by atoms with van der Waals surface area (Å²) in [6.45, 7) is 7.38. The van der Waals surface area contributed by atoms with Gasteiger partial charge in [0.1, 0.15) is 5.60 Å². The fourth-order valence-electron chi connectivity index (χ4n) is 4.27. The number of ether oxygens (including phenoxy) is 1. The molecule has 3 heterocycles. The number of nitrogens with zero attached hydrogens (tertiary/aromatic N) is 2. The smallest absolute Gasteiger partial charge is 0.254 e. The van der Waals surface area contributed by atoms with Crippen LogP contribution in [0.4, 0.5) is 0 Å². The summed E-state index contributed by atoms with van der Waals surface area (Å²) in [5.74, 6) is 1.00. The van der Waals surface area contributed by atoms with Gasteiger partial charge in [-0.15, -0.1) is 24.8 Å². The summed E-state index contributed by atoms with van der Waals surface area (Å²) in [5.41, 5.74) is -0.562. The van der Waals surface area contributed by atoms with Crippen LogP contribution in [0.1, 0.15) is 38.5 Å². The van der Waals surface area contributed by atoms with E-state index in [1.807, 2.05) is 0 Å². The Morgan fingerprint density at radius 3 is 2.21 bits per heavy atom. The van der Waals surface area contributed by atoms with E-state index in [2.05, 4.69) is 15.1 Å². The summed E-state index contributed by atoms with van der Waals surface area (Å²) in [4.78, 5) is 17.6. The van der Waals surface area contributed by atoms with Crippen molar-refractivity contribution < 1.29 is 9.53 Å². The van der Waals surface area contributed by atoms with Gasteiger partial charge < -0.3 is 19.9 Å². The molecule has 0 unspecified atom stereocenters. The van der Waals surface area contributed by atoms with Gasteiger partial charge in [0.15, 0.2) is 0 Å². The molecule has 0 aliphatic carbocycles. The number of piperidine rings is 2. The topological polar surface area (TPSA) is 44.8 Å². The maximum atomic E-state index is 12.9. The van der Waals surface area contributed by atoms with Gasteiger partial charge in [0.25, 0.3) is 5.91 Å². The lowest BCUT2D eigenvalue weighted by molar-refractivity contribution is -0.159. The van der Waals surface area contributed by atoms with Crippen molar-refractivity contribution in [2.75, 3.05) is 52.9 Å². The monoisotopic (exact) mass is 381 g/mol. The quantitative estimate of drug-likeness (QED) is 0.807. The van der Waals surface area contributed by atoms with Gasteiger partial charge in [0.05, 0.1) is 0 Å². The van der Waals surface area contributed by atoms with Crippen molar-refractivity contribution >= 4 is 30.7 Å². The normalized spacial score (nSPS) is 25.0. The van der Waals surface area contributed by atoms with E-state index in [0.29, 0.717) is 0 Å². The van der Waals surface area contributed by atoms with Crippen molar-refractivity contribution in [3.05, 3.63) is 0 Å². The van der Waals surface area contributed by atoms with Gasteiger partial charge in [-0.2, -0.15) is 0 Å². The Labute approximate surface area is 158 Å². The predicted octanol–water partition coefficient (Wildman–Crippen LogP) is 1.93. The first-order valence-corrected chi connectivity index (χ1v) is 9.01. The molecule has 142 valence electrons. The summed E-state index contributed by atoms with van der Waals surface area (Å²) >= 11 is 0. The zero-order chi connectivity index (χ0) is 15.4. The number of amides is 1. The summed E-state index contributed by atoms with van der Waals surface area (Å²) in [6.07, 6.45) is 6.64. The Morgan fingerprint density at radius 2 is 1.67 bits per heavy atom. The van der Waals surface area contributed by atoms with Crippen LogP contribution >= 0.6 is 24.8 Å². The molecule has 0 saturated carbocycles. The molecule has 0 aromatic heterocycles. The second-order valence-corrected chi connectivity index (χ2v) is 7.19. The van der Waals surface area contributed by atoms with Gasteiger partial charge in [-0.1, -0.05) is 0 Å². The van der Waals surface area contributed by atoms with Crippen LogP contribution in [0, 0.1) is 5.92 Å². The van der Waals surface area contributed by atoms with E-state index in [-0.39, 0.29) is 30.7 Å². The van der Waals surface area contributed by atoms with Crippen molar-refractivity contribution in [1.82, 2.24) is 15.1 Å². The van der Waals surface area contributed by atoms with Gasteiger partial charge in [-0.25, -0.2) is 0 Å². The maximum absolute atomic E-state index is 12.9. The minimum atomic E-state index is -0.562. The van der Waals surface area contributed by atoms with Gasteiger partial charge in [0.2, 0.25) is 0 Å². The van der Waals surface area contributed by atoms with Crippen LogP contribution in [0.15, 0.2) is 0 Å². The maximum Gasteiger partial charge on any atom is 0.254 e. The van der Waals surface area contributed by atoms with E-state index in [1.54, 1.807) is 7.11 Å². The van der Waals surface area contributed by atoms with Crippen molar-refractivity contribution in [3.63, 3.8) is 0 Å². The van der Waals surface area contributed by atoms with Crippen LogP contribution in [0.2, 0.25) is 0 Å². The number of carbonyl (C=O) groups is 1. The van der Waals surface area contributed by atoms with E-state index in [9.17, 15) is 4.79 Å². The number of halogens is 2. The van der Waals surface area contributed by atoms with Crippen molar-refractivity contribution in [2.24, 2.45) is 5.92 Å². The fraction of sp³-hybridized carbons (Fsp3) is 0.941. The molecule has 1 N–H and O–H groups in total. The molecule has 1 amide bonds. The number of hydrogen-bond donors (Lipinski definition) is 1. The molecule has 3 saturated heterocycles. The standard InChI is InChI=1S/C17H31N3O2.2ClH/c1-22-17(6-8-18-9-7-17)16(21)20-12-4-15(5-13-20)14-19-10-2-3-11-19;;/h15,18H,2-14H2,1H3;2*1H. The van der Waals surface area contributed by atoms with Crippen LogP contribution in [0.5, 0.6) is 0 Å². The molecule has 3 aliphatic rings. The molecule has 3 rings (SSSR count). The third-order valence-electron chi connectivity index (χ3n) is 5.81. The molecular formula is C17H33Cl2N3O2.